The number of H-pyrrole nitrogens is 2. The number of amides is 2. The van der Waals surface area contributed by atoms with E-state index in [9.17, 15) is 9.59 Å². The van der Waals surface area contributed by atoms with E-state index >= 15 is 0 Å². The number of para-hydroxylation sites is 2. The summed E-state index contributed by atoms with van der Waals surface area (Å²) in [5, 5.41) is 18.0. The maximum atomic E-state index is 13.7. The average molecular weight is 653 g/mol. The van der Waals surface area contributed by atoms with Crippen LogP contribution in [0.2, 0.25) is 0 Å². The van der Waals surface area contributed by atoms with Crippen molar-refractivity contribution in [1.29, 1.82) is 0 Å². The average Bonchev–Trinajstić information content (AvgIpc) is 3.85. The van der Waals surface area contributed by atoms with Gasteiger partial charge < -0.3 is 29.9 Å². The van der Waals surface area contributed by atoms with Crippen LogP contribution in [0.5, 0.6) is 5.75 Å². The Kier molecular flexibility index (Phi) is 8.88. The van der Waals surface area contributed by atoms with Gasteiger partial charge in [0.15, 0.2) is 11.6 Å². The fraction of sp³-hybridized carbons (Fsp3) is 0.184. The largest absolute Gasteiger partial charge is 0.497 e. The molecular formula is C38H36N8O3. The van der Waals surface area contributed by atoms with Gasteiger partial charge in [0.1, 0.15) is 11.4 Å². The van der Waals surface area contributed by atoms with Crippen molar-refractivity contribution in [3.63, 3.8) is 0 Å². The van der Waals surface area contributed by atoms with Gasteiger partial charge in [-0.2, -0.15) is 0 Å². The van der Waals surface area contributed by atoms with Crippen molar-refractivity contribution in [2.75, 3.05) is 7.11 Å². The normalized spacial score (nSPS) is 12.5. The first kappa shape index (κ1) is 31.4. The lowest BCUT2D eigenvalue weighted by Gasteiger charge is -2.23. The second-order valence-corrected chi connectivity index (χ2v) is 12.0. The molecule has 0 bridgehead atoms. The summed E-state index contributed by atoms with van der Waals surface area (Å²) in [5.41, 5.74) is 5.32. The molecule has 0 aliphatic heterocycles. The van der Waals surface area contributed by atoms with Crippen molar-refractivity contribution in [1.82, 2.24) is 40.3 Å². The standard InChI is InChI=1S/C38H36N8O3/c1-24(47)42-34(19-26-21-40-31-11-5-3-9-29(26)31)36-44-45-37(46(36)23-25-14-16-28(49-2)17-15-25)35(43-38(48)33-13-7-8-18-39-33)20-27-22-41-32-12-6-4-10-30(27)32/h3-18,21-22,34-35,40-41H,19-20,23H2,1-2H3,(H,42,47)(H,43,48)/t34-,35?/m1/s1. The summed E-state index contributed by atoms with van der Waals surface area (Å²) >= 11 is 0. The molecule has 0 saturated heterocycles. The fourth-order valence-corrected chi connectivity index (χ4v) is 6.35. The highest BCUT2D eigenvalue weighted by Gasteiger charge is 2.29. The van der Waals surface area contributed by atoms with Crippen LogP contribution < -0.4 is 15.4 Å². The number of hydrogen-bond donors (Lipinski definition) is 4. The fourth-order valence-electron chi connectivity index (χ4n) is 6.35. The number of nitrogens with zero attached hydrogens (tertiary/aromatic N) is 4. The van der Waals surface area contributed by atoms with Gasteiger partial charge in [-0.1, -0.05) is 54.6 Å². The first-order valence-electron chi connectivity index (χ1n) is 16.1. The van der Waals surface area contributed by atoms with Crippen molar-refractivity contribution >= 4 is 33.6 Å². The van der Waals surface area contributed by atoms with Gasteiger partial charge in [-0.15, -0.1) is 10.2 Å². The Morgan fingerprint density at radius 1 is 0.755 bits per heavy atom. The second-order valence-electron chi connectivity index (χ2n) is 12.0. The van der Waals surface area contributed by atoms with E-state index in [-0.39, 0.29) is 11.8 Å². The molecule has 2 amide bonds. The van der Waals surface area contributed by atoms with Gasteiger partial charge >= 0.3 is 0 Å². The number of carbonyl (C=O) groups excluding carboxylic acids is 2. The van der Waals surface area contributed by atoms with Crippen LogP contribution in [0.15, 0.2) is 110 Å². The molecule has 7 rings (SSSR count). The minimum absolute atomic E-state index is 0.191. The summed E-state index contributed by atoms with van der Waals surface area (Å²) in [6.45, 7) is 1.88. The van der Waals surface area contributed by atoms with Crippen LogP contribution in [0.1, 0.15) is 57.8 Å². The third-order valence-electron chi connectivity index (χ3n) is 8.71. The Morgan fingerprint density at radius 2 is 1.33 bits per heavy atom. The SMILES string of the molecule is COc1ccc(Cn2c(C(Cc3c[nH]c4ccccc34)NC(=O)c3ccccn3)nnc2[C@@H](Cc2c[nH]c3ccccc23)NC(C)=O)cc1. The first-order chi connectivity index (χ1) is 24.0. The Bertz CT molecular complexity index is 2220. The topological polar surface area (TPSA) is 143 Å². The van der Waals surface area contributed by atoms with Gasteiger partial charge in [0.05, 0.1) is 25.7 Å². The van der Waals surface area contributed by atoms with Gasteiger partial charge in [-0.25, -0.2) is 0 Å². The van der Waals surface area contributed by atoms with Crippen LogP contribution in [0.25, 0.3) is 21.8 Å². The minimum Gasteiger partial charge on any atom is -0.497 e. The lowest BCUT2D eigenvalue weighted by Crippen LogP contribution is -2.34. The Hall–Kier alpha value is -6.23. The van der Waals surface area contributed by atoms with Crippen molar-refractivity contribution in [2.24, 2.45) is 0 Å². The molecule has 0 aliphatic rings. The number of rotatable bonds is 12. The second kappa shape index (κ2) is 13.9. The van der Waals surface area contributed by atoms with Crippen molar-refractivity contribution in [3.8, 4) is 5.75 Å². The Balaban J connectivity index is 1.34. The number of hydrogen-bond acceptors (Lipinski definition) is 6. The number of carbonyl (C=O) groups is 2. The van der Waals surface area contributed by atoms with Crippen LogP contribution in [-0.2, 0) is 24.2 Å². The van der Waals surface area contributed by atoms with E-state index < -0.39 is 12.1 Å². The molecule has 246 valence electrons. The molecule has 49 heavy (non-hydrogen) atoms. The number of benzene rings is 3. The van der Waals surface area contributed by atoms with Gasteiger partial charge in [0.2, 0.25) is 5.91 Å². The van der Waals surface area contributed by atoms with Crippen molar-refractivity contribution in [3.05, 3.63) is 144 Å². The van der Waals surface area contributed by atoms with E-state index in [1.54, 1.807) is 31.5 Å². The van der Waals surface area contributed by atoms with Crippen LogP contribution >= 0.6 is 0 Å². The highest BCUT2D eigenvalue weighted by molar-refractivity contribution is 5.92. The number of methoxy groups -OCH3 is 1. The molecule has 0 fully saturated rings. The maximum Gasteiger partial charge on any atom is 0.270 e. The van der Waals surface area contributed by atoms with E-state index in [1.165, 1.54) is 6.92 Å². The molecule has 0 saturated carbocycles. The molecule has 0 spiro atoms. The van der Waals surface area contributed by atoms with Gasteiger partial charge in [-0.3, -0.25) is 14.6 Å². The summed E-state index contributed by atoms with van der Waals surface area (Å²) in [5.74, 6) is 1.34. The van der Waals surface area contributed by atoms with Crippen LogP contribution in [0.4, 0.5) is 0 Å². The summed E-state index contributed by atoms with van der Waals surface area (Å²) in [4.78, 5) is 37.3. The van der Waals surface area contributed by atoms with E-state index in [0.717, 1.165) is 44.2 Å². The van der Waals surface area contributed by atoms with Gasteiger partial charge in [-0.05, 0) is 53.1 Å². The molecule has 7 aromatic rings. The first-order valence-corrected chi connectivity index (χ1v) is 16.1. The number of pyridine rings is 1. The summed E-state index contributed by atoms with van der Waals surface area (Å²) in [6, 6.07) is 28.0. The van der Waals surface area contributed by atoms with Crippen LogP contribution in [0, 0.1) is 0 Å². The van der Waals surface area contributed by atoms with E-state index in [1.807, 2.05) is 77.6 Å². The predicted molar refractivity (Wildman–Crippen MR) is 187 cm³/mol. The monoisotopic (exact) mass is 652 g/mol. The molecule has 4 heterocycles. The maximum absolute atomic E-state index is 13.7. The zero-order valence-corrected chi connectivity index (χ0v) is 27.2. The zero-order chi connectivity index (χ0) is 33.7. The number of ether oxygens (including phenoxy) is 1. The molecule has 11 heteroatoms. The predicted octanol–water partition coefficient (Wildman–Crippen LogP) is 5.83. The summed E-state index contributed by atoms with van der Waals surface area (Å²) < 4.78 is 7.42. The molecular weight excluding hydrogens is 616 g/mol. The molecule has 4 aromatic heterocycles. The third kappa shape index (κ3) is 6.77. The van der Waals surface area contributed by atoms with E-state index in [4.69, 9.17) is 14.9 Å². The summed E-state index contributed by atoms with van der Waals surface area (Å²) in [6.07, 6.45) is 6.43. The number of fused-ring (bicyclic) bond motifs is 2. The van der Waals surface area contributed by atoms with Crippen molar-refractivity contribution < 1.29 is 14.3 Å². The molecule has 11 nitrogen and oxygen atoms in total. The highest BCUT2D eigenvalue weighted by Crippen LogP contribution is 2.29. The molecule has 4 N–H and O–H groups in total. The van der Waals surface area contributed by atoms with Gasteiger partial charge in [0, 0.05) is 60.2 Å². The zero-order valence-electron chi connectivity index (χ0n) is 27.2. The Labute approximate surface area is 282 Å². The number of nitrogens with one attached hydrogen (secondary N) is 4. The molecule has 3 aromatic carbocycles. The van der Waals surface area contributed by atoms with E-state index in [2.05, 4.69) is 37.7 Å². The Morgan fingerprint density at radius 3 is 1.88 bits per heavy atom. The molecule has 0 radical (unpaired) electrons. The van der Waals surface area contributed by atoms with Gasteiger partial charge in [0.25, 0.3) is 5.91 Å². The summed E-state index contributed by atoms with van der Waals surface area (Å²) in [7, 11) is 1.63. The molecule has 1 unspecified atom stereocenters. The smallest absolute Gasteiger partial charge is 0.270 e. The van der Waals surface area contributed by atoms with Crippen LogP contribution in [0.3, 0.4) is 0 Å². The van der Waals surface area contributed by atoms with Crippen LogP contribution in [-0.4, -0.2) is 48.6 Å². The lowest BCUT2D eigenvalue weighted by molar-refractivity contribution is -0.119. The van der Waals surface area contributed by atoms with Crippen molar-refractivity contribution in [2.45, 2.75) is 38.4 Å². The molecule has 0 aliphatic carbocycles. The molecule has 2 atom stereocenters. The van der Waals surface area contributed by atoms with E-state index in [0.29, 0.717) is 36.7 Å². The third-order valence-corrected chi connectivity index (χ3v) is 8.71. The minimum atomic E-state index is -0.598. The lowest BCUT2D eigenvalue weighted by atomic mass is 10.0. The number of aromatic amines is 2. The highest BCUT2D eigenvalue weighted by atomic mass is 16.5. The number of aromatic nitrogens is 6. The quantitative estimate of drug-likeness (QED) is 0.131.